The van der Waals surface area contributed by atoms with E-state index in [0.717, 1.165) is 44.7 Å². The predicted molar refractivity (Wildman–Crippen MR) is 91.7 cm³/mol. The highest BCUT2D eigenvalue weighted by atomic mass is 35.5. The zero-order chi connectivity index (χ0) is 15.9. The van der Waals surface area contributed by atoms with Gasteiger partial charge in [-0.25, -0.2) is 4.98 Å². The number of aromatic nitrogens is 1. The molecule has 23 heavy (non-hydrogen) atoms. The number of hydrogen-bond donors (Lipinski definition) is 0. The smallest absolute Gasteiger partial charge is 0.230 e. The van der Waals surface area contributed by atoms with Gasteiger partial charge < -0.3 is 9.80 Å². The number of carbonyl (C=O) groups is 1. The van der Waals surface area contributed by atoms with Gasteiger partial charge in [-0.1, -0.05) is 24.4 Å². The molecule has 2 saturated heterocycles. The van der Waals surface area contributed by atoms with E-state index in [2.05, 4.69) is 14.8 Å². The normalized spacial score (nSPS) is 29.0. The Kier molecular flexibility index (Phi) is 3.96. The molecule has 1 spiro atoms. The Hall–Kier alpha value is -1.29. The van der Waals surface area contributed by atoms with E-state index in [1.54, 1.807) is 6.20 Å². The third-order valence-electron chi connectivity index (χ3n) is 5.92. The van der Waals surface area contributed by atoms with E-state index in [9.17, 15) is 4.79 Å². The van der Waals surface area contributed by atoms with Gasteiger partial charge in [-0.05, 0) is 44.2 Å². The molecular weight excluding hydrogens is 310 g/mol. The maximum atomic E-state index is 13.2. The molecule has 0 unspecified atom stereocenters. The number of piperidine rings is 1. The lowest BCUT2D eigenvalue weighted by Crippen LogP contribution is -2.53. The van der Waals surface area contributed by atoms with Crippen molar-refractivity contribution in [2.45, 2.75) is 51.0 Å². The first kappa shape index (κ1) is 15.3. The maximum absolute atomic E-state index is 13.2. The molecule has 3 heterocycles. The van der Waals surface area contributed by atoms with Crippen molar-refractivity contribution in [2.24, 2.45) is 5.41 Å². The molecule has 1 aromatic rings. The van der Waals surface area contributed by atoms with Crippen molar-refractivity contribution in [1.29, 1.82) is 0 Å². The summed E-state index contributed by atoms with van der Waals surface area (Å²) in [4.78, 5) is 22.1. The summed E-state index contributed by atoms with van der Waals surface area (Å²) in [6.07, 6.45) is 9.77. The van der Waals surface area contributed by atoms with Crippen LogP contribution >= 0.6 is 11.6 Å². The molecule has 1 aromatic heterocycles. The Balaban J connectivity index is 1.51. The lowest BCUT2D eigenvalue weighted by Gasteiger charge is -2.42. The summed E-state index contributed by atoms with van der Waals surface area (Å²) in [5, 5.41) is 0.656. The van der Waals surface area contributed by atoms with Crippen molar-refractivity contribution >= 4 is 23.3 Å². The molecule has 124 valence electrons. The maximum Gasteiger partial charge on any atom is 0.230 e. The quantitative estimate of drug-likeness (QED) is 0.831. The summed E-state index contributed by atoms with van der Waals surface area (Å²) in [6.45, 7) is 2.69. The number of amides is 1. The van der Waals surface area contributed by atoms with Crippen LogP contribution < -0.4 is 4.90 Å². The van der Waals surface area contributed by atoms with E-state index >= 15 is 0 Å². The first-order valence-electron chi connectivity index (χ1n) is 8.86. The van der Waals surface area contributed by atoms with Crippen molar-refractivity contribution in [3.05, 3.63) is 23.4 Å². The van der Waals surface area contributed by atoms with Gasteiger partial charge in [-0.2, -0.15) is 0 Å². The van der Waals surface area contributed by atoms with Crippen LogP contribution in [0, 0.1) is 5.41 Å². The molecule has 1 aliphatic carbocycles. The number of nitrogens with zero attached hydrogens (tertiary/aromatic N) is 3. The molecule has 1 saturated carbocycles. The summed E-state index contributed by atoms with van der Waals surface area (Å²) in [5.41, 5.74) is -0.178. The zero-order valence-corrected chi connectivity index (χ0v) is 14.3. The van der Waals surface area contributed by atoms with E-state index < -0.39 is 0 Å². The second-order valence-electron chi connectivity index (χ2n) is 7.33. The fraction of sp³-hybridized carbons (Fsp3) is 0.667. The van der Waals surface area contributed by atoms with Crippen LogP contribution in [0.15, 0.2) is 18.3 Å². The minimum atomic E-state index is -0.178. The fourth-order valence-corrected chi connectivity index (χ4v) is 4.78. The van der Waals surface area contributed by atoms with Gasteiger partial charge in [-0.3, -0.25) is 4.79 Å². The van der Waals surface area contributed by atoms with Gasteiger partial charge in [0.05, 0.1) is 10.4 Å². The van der Waals surface area contributed by atoms with E-state index in [1.165, 1.54) is 25.7 Å². The average molecular weight is 334 g/mol. The van der Waals surface area contributed by atoms with Crippen molar-refractivity contribution in [2.75, 3.05) is 24.5 Å². The van der Waals surface area contributed by atoms with Crippen LogP contribution in [0.5, 0.6) is 0 Å². The molecule has 1 atom stereocenters. The zero-order valence-electron chi connectivity index (χ0n) is 13.5. The number of hydrogen-bond acceptors (Lipinski definition) is 3. The lowest BCUT2D eigenvalue weighted by atomic mass is 9.77. The van der Waals surface area contributed by atoms with E-state index in [-0.39, 0.29) is 5.41 Å². The Morgan fingerprint density at radius 1 is 1.13 bits per heavy atom. The van der Waals surface area contributed by atoms with Gasteiger partial charge in [-0.15, -0.1) is 0 Å². The van der Waals surface area contributed by atoms with Crippen molar-refractivity contribution < 1.29 is 4.79 Å². The van der Waals surface area contributed by atoms with Crippen LogP contribution in [0.2, 0.25) is 5.02 Å². The molecule has 0 aromatic carbocycles. The summed E-state index contributed by atoms with van der Waals surface area (Å²) in [5.74, 6) is 1.35. The predicted octanol–water partition coefficient (Wildman–Crippen LogP) is 3.50. The van der Waals surface area contributed by atoms with Gasteiger partial charge in [0, 0.05) is 31.9 Å². The van der Waals surface area contributed by atoms with Gasteiger partial charge in [0.2, 0.25) is 5.91 Å². The minimum Gasteiger partial charge on any atom is -0.356 e. The largest absolute Gasteiger partial charge is 0.356 e. The Labute approximate surface area is 142 Å². The SMILES string of the molecule is O=C1N(C2CCCC2)CCC[C@]12CCN(c1ccc(Cl)cn1)C2. The van der Waals surface area contributed by atoms with Gasteiger partial charge in [0.1, 0.15) is 5.82 Å². The van der Waals surface area contributed by atoms with Crippen molar-refractivity contribution in [3.8, 4) is 0 Å². The van der Waals surface area contributed by atoms with Crippen LogP contribution in [-0.4, -0.2) is 41.5 Å². The molecule has 0 bridgehead atoms. The fourth-order valence-electron chi connectivity index (χ4n) is 4.67. The first-order valence-corrected chi connectivity index (χ1v) is 9.23. The number of likely N-dealkylation sites (tertiary alicyclic amines) is 1. The molecule has 4 rings (SSSR count). The van der Waals surface area contributed by atoms with Crippen LogP contribution in [0.4, 0.5) is 5.82 Å². The van der Waals surface area contributed by atoms with Gasteiger partial charge in [0.25, 0.3) is 0 Å². The number of anilines is 1. The third-order valence-corrected chi connectivity index (χ3v) is 6.15. The van der Waals surface area contributed by atoms with E-state index in [4.69, 9.17) is 11.6 Å². The number of carbonyl (C=O) groups excluding carboxylic acids is 1. The van der Waals surface area contributed by atoms with Crippen LogP contribution in [-0.2, 0) is 4.79 Å². The van der Waals surface area contributed by atoms with Crippen molar-refractivity contribution in [1.82, 2.24) is 9.88 Å². The Morgan fingerprint density at radius 3 is 2.70 bits per heavy atom. The topological polar surface area (TPSA) is 36.4 Å². The Bertz CT molecular complexity index is 584. The summed E-state index contributed by atoms with van der Waals surface area (Å²) < 4.78 is 0. The molecule has 3 aliphatic rings. The molecule has 5 heteroatoms. The second-order valence-corrected chi connectivity index (χ2v) is 7.76. The monoisotopic (exact) mass is 333 g/mol. The van der Waals surface area contributed by atoms with E-state index in [1.807, 2.05) is 12.1 Å². The van der Waals surface area contributed by atoms with Crippen LogP contribution in [0.25, 0.3) is 0 Å². The molecular formula is C18H24ClN3O. The Morgan fingerprint density at radius 2 is 1.96 bits per heavy atom. The minimum absolute atomic E-state index is 0.178. The third kappa shape index (κ3) is 2.71. The number of halogens is 1. The molecule has 3 fully saturated rings. The number of pyridine rings is 1. The first-order chi connectivity index (χ1) is 11.2. The lowest BCUT2D eigenvalue weighted by molar-refractivity contribution is -0.147. The molecule has 0 radical (unpaired) electrons. The average Bonchev–Trinajstić information content (AvgIpc) is 3.22. The molecule has 4 nitrogen and oxygen atoms in total. The summed E-state index contributed by atoms with van der Waals surface area (Å²) in [6, 6.07) is 4.34. The highest BCUT2D eigenvalue weighted by Gasteiger charge is 2.50. The van der Waals surface area contributed by atoms with Gasteiger partial charge >= 0.3 is 0 Å². The summed E-state index contributed by atoms with van der Waals surface area (Å²) in [7, 11) is 0. The molecule has 2 aliphatic heterocycles. The highest BCUT2D eigenvalue weighted by Crippen LogP contribution is 2.43. The van der Waals surface area contributed by atoms with Gasteiger partial charge in [0.15, 0.2) is 0 Å². The highest BCUT2D eigenvalue weighted by molar-refractivity contribution is 6.30. The number of rotatable bonds is 2. The second kappa shape index (κ2) is 5.97. The molecule has 1 amide bonds. The standard InChI is InChI=1S/C18H24ClN3O/c19-14-6-7-16(20-12-14)21-11-9-18(13-21)8-3-10-22(17(18)23)15-4-1-2-5-15/h6-7,12,15H,1-5,8-11,13H2/t18-/m1/s1. The van der Waals surface area contributed by atoms with E-state index in [0.29, 0.717) is 17.0 Å². The van der Waals surface area contributed by atoms with Crippen molar-refractivity contribution in [3.63, 3.8) is 0 Å². The molecule has 0 N–H and O–H groups in total. The van der Waals surface area contributed by atoms with Crippen LogP contribution in [0.1, 0.15) is 44.9 Å². The summed E-state index contributed by atoms with van der Waals surface area (Å²) >= 11 is 5.93. The van der Waals surface area contributed by atoms with Crippen LogP contribution in [0.3, 0.4) is 0 Å².